The van der Waals surface area contributed by atoms with Crippen LogP contribution in [0.25, 0.3) is 22.9 Å². The maximum absolute atomic E-state index is 13.6. The normalized spacial score (nSPS) is 11.3. The molecule has 0 aliphatic carbocycles. The van der Waals surface area contributed by atoms with Gasteiger partial charge in [0, 0.05) is 5.38 Å². The molecule has 0 N–H and O–H groups in total. The van der Waals surface area contributed by atoms with Crippen LogP contribution in [-0.4, -0.2) is 11.6 Å². The minimum Gasteiger partial charge on any atom is -0.485 e. The first-order valence-electron chi connectivity index (χ1n) is 12.4. The molecule has 0 bridgehead atoms. The number of benzene rings is 3. The fourth-order valence-electron chi connectivity index (χ4n) is 4.04. The largest absolute Gasteiger partial charge is 0.485 e. The molecule has 5 aromatic rings. The Morgan fingerprint density at radius 3 is 2.11 bits per heavy atom. The van der Waals surface area contributed by atoms with Crippen molar-refractivity contribution >= 4 is 23.0 Å². The molecule has 0 saturated carbocycles. The SMILES string of the molecule is O=c1c(OCc2ccccc2)ccc(/C(=C/c2ccccc2)COCc2ccccc2)cc1-c1cscn1. The quantitative estimate of drug-likeness (QED) is 0.192. The lowest BCUT2D eigenvalue weighted by molar-refractivity contribution is 0.154. The maximum atomic E-state index is 13.6. The average Bonchev–Trinajstić information content (AvgIpc) is 3.45. The lowest BCUT2D eigenvalue weighted by Gasteiger charge is -2.10. The Bertz CT molecular complexity index is 1530. The number of rotatable bonds is 10. The topological polar surface area (TPSA) is 48.4 Å². The fraction of sp³-hybridized carbons (Fsp3) is 0.0909. The molecule has 0 spiro atoms. The van der Waals surface area contributed by atoms with Crippen LogP contribution in [0, 0.1) is 0 Å². The smallest absolute Gasteiger partial charge is 0.229 e. The third-order valence-electron chi connectivity index (χ3n) is 6.01. The van der Waals surface area contributed by atoms with Gasteiger partial charge >= 0.3 is 0 Å². The van der Waals surface area contributed by atoms with Gasteiger partial charge in [-0.05, 0) is 46.0 Å². The van der Waals surface area contributed by atoms with Crippen LogP contribution in [0.2, 0.25) is 0 Å². The summed E-state index contributed by atoms with van der Waals surface area (Å²) in [7, 11) is 0. The van der Waals surface area contributed by atoms with Gasteiger partial charge in [0.05, 0.1) is 30.0 Å². The van der Waals surface area contributed by atoms with E-state index in [4.69, 9.17) is 9.47 Å². The summed E-state index contributed by atoms with van der Waals surface area (Å²) in [5.41, 5.74) is 7.64. The van der Waals surface area contributed by atoms with E-state index < -0.39 is 0 Å². The standard InChI is InChI=1S/C33H27NO3S/c35-33-30(31-23-38-24-34-31)19-28(16-17-32(33)37-21-27-14-8-3-9-15-27)29(18-25-10-4-1-5-11-25)22-36-20-26-12-6-2-7-13-26/h1-19,23-24H,20-22H2/b29-18+. The van der Waals surface area contributed by atoms with Crippen molar-refractivity contribution in [1.29, 1.82) is 0 Å². The Labute approximate surface area is 226 Å². The average molecular weight is 518 g/mol. The summed E-state index contributed by atoms with van der Waals surface area (Å²) in [5.74, 6) is 0.285. The molecule has 0 aliphatic rings. The second-order valence-corrected chi connectivity index (χ2v) is 9.47. The first kappa shape index (κ1) is 25.3. The fourth-order valence-corrected chi connectivity index (χ4v) is 4.59. The van der Waals surface area contributed by atoms with Crippen molar-refractivity contribution in [2.75, 3.05) is 6.61 Å². The molecule has 4 aromatic carbocycles. The van der Waals surface area contributed by atoms with Gasteiger partial charge in [-0.25, -0.2) is 4.98 Å². The molecular weight excluding hydrogens is 490 g/mol. The van der Waals surface area contributed by atoms with E-state index in [1.165, 1.54) is 11.3 Å². The van der Waals surface area contributed by atoms with Crippen LogP contribution >= 0.6 is 11.3 Å². The van der Waals surface area contributed by atoms with Crippen molar-refractivity contribution in [2.45, 2.75) is 13.2 Å². The number of ether oxygens (including phenoxy) is 2. The van der Waals surface area contributed by atoms with E-state index in [-0.39, 0.29) is 11.2 Å². The van der Waals surface area contributed by atoms with Crippen molar-refractivity contribution in [1.82, 2.24) is 4.98 Å². The second-order valence-electron chi connectivity index (χ2n) is 8.75. The van der Waals surface area contributed by atoms with Crippen LogP contribution in [0.1, 0.15) is 22.3 Å². The van der Waals surface area contributed by atoms with Gasteiger partial charge in [0.1, 0.15) is 6.61 Å². The highest BCUT2D eigenvalue weighted by molar-refractivity contribution is 7.07. The van der Waals surface area contributed by atoms with Crippen molar-refractivity contribution in [2.24, 2.45) is 0 Å². The Morgan fingerprint density at radius 1 is 0.789 bits per heavy atom. The van der Waals surface area contributed by atoms with E-state index in [1.54, 1.807) is 11.6 Å². The van der Waals surface area contributed by atoms with Crippen molar-refractivity contribution in [3.05, 3.63) is 153 Å². The molecule has 5 heteroatoms. The molecule has 0 unspecified atom stereocenters. The zero-order valence-corrected chi connectivity index (χ0v) is 21.6. The summed E-state index contributed by atoms with van der Waals surface area (Å²) in [4.78, 5) is 18.0. The third kappa shape index (κ3) is 6.71. The van der Waals surface area contributed by atoms with E-state index >= 15 is 0 Å². The second kappa shape index (κ2) is 12.8. The van der Waals surface area contributed by atoms with Gasteiger partial charge in [0.15, 0.2) is 5.75 Å². The zero-order chi connectivity index (χ0) is 26.0. The molecule has 0 saturated heterocycles. The summed E-state index contributed by atoms with van der Waals surface area (Å²) < 4.78 is 12.2. The maximum Gasteiger partial charge on any atom is 0.229 e. The number of thiazole rings is 1. The number of hydrogen-bond donors (Lipinski definition) is 0. The van der Waals surface area contributed by atoms with Crippen molar-refractivity contribution in [3.8, 4) is 17.0 Å². The van der Waals surface area contributed by atoms with Crippen LogP contribution in [0.4, 0.5) is 0 Å². The lowest BCUT2D eigenvalue weighted by Crippen LogP contribution is -2.08. The molecule has 1 heterocycles. The van der Waals surface area contributed by atoms with Gasteiger partial charge in [-0.15, -0.1) is 11.3 Å². The zero-order valence-electron chi connectivity index (χ0n) is 20.8. The van der Waals surface area contributed by atoms with Crippen LogP contribution in [0.3, 0.4) is 0 Å². The highest BCUT2D eigenvalue weighted by Crippen LogP contribution is 2.25. The highest BCUT2D eigenvalue weighted by Gasteiger charge is 2.13. The van der Waals surface area contributed by atoms with Crippen LogP contribution in [0.5, 0.6) is 5.75 Å². The predicted molar refractivity (Wildman–Crippen MR) is 155 cm³/mol. The summed E-state index contributed by atoms with van der Waals surface area (Å²) in [5, 5.41) is 1.88. The monoisotopic (exact) mass is 517 g/mol. The van der Waals surface area contributed by atoms with E-state index in [9.17, 15) is 4.79 Å². The van der Waals surface area contributed by atoms with Gasteiger partial charge in [-0.1, -0.05) is 97.1 Å². The van der Waals surface area contributed by atoms with E-state index in [1.807, 2.05) is 96.4 Å². The Hall–Kier alpha value is -4.32. The van der Waals surface area contributed by atoms with Gasteiger partial charge in [0.25, 0.3) is 0 Å². The Morgan fingerprint density at radius 2 is 1.45 bits per heavy atom. The van der Waals surface area contributed by atoms with Gasteiger partial charge in [-0.3, -0.25) is 4.79 Å². The molecule has 0 aliphatic heterocycles. The molecule has 0 radical (unpaired) electrons. The van der Waals surface area contributed by atoms with E-state index in [0.717, 1.165) is 27.8 Å². The van der Waals surface area contributed by atoms with E-state index in [0.29, 0.717) is 31.1 Å². The lowest BCUT2D eigenvalue weighted by atomic mass is 10.0. The van der Waals surface area contributed by atoms with Crippen LogP contribution in [0.15, 0.2) is 125 Å². The van der Waals surface area contributed by atoms with Crippen LogP contribution < -0.4 is 10.2 Å². The highest BCUT2D eigenvalue weighted by atomic mass is 32.1. The van der Waals surface area contributed by atoms with Crippen molar-refractivity contribution in [3.63, 3.8) is 0 Å². The van der Waals surface area contributed by atoms with E-state index in [2.05, 4.69) is 23.2 Å². The molecule has 0 fully saturated rings. The number of hydrogen-bond acceptors (Lipinski definition) is 5. The number of aromatic nitrogens is 1. The first-order chi connectivity index (χ1) is 18.8. The molecular formula is C33H27NO3S. The molecule has 4 nitrogen and oxygen atoms in total. The first-order valence-corrected chi connectivity index (χ1v) is 13.3. The minimum absolute atomic E-state index is 0.192. The third-order valence-corrected chi connectivity index (χ3v) is 6.59. The number of nitrogens with zero attached hydrogens (tertiary/aromatic N) is 1. The molecule has 0 atom stereocenters. The van der Waals surface area contributed by atoms with Crippen LogP contribution in [-0.2, 0) is 18.0 Å². The molecule has 38 heavy (non-hydrogen) atoms. The van der Waals surface area contributed by atoms with Crippen molar-refractivity contribution < 1.29 is 9.47 Å². The molecule has 5 rings (SSSR count). The molecule has 188 valence electrons. The summed E-state index contributed by atoms with van der Waals surface area (Å²) in [6.07, 6.45) is 2.10. The Balaban J connectivity index is 1.52. The molecule has 1 aromatic heterocycles. The molecule has 0 amide bonds. The van der Waals surface area contributed by atoms with Gasteiger partial charge in [0.2, 0.25) is 5.43 Å². The summed E-state index contributed by atoms with van der Waals surface area (Å²) in [6.45, 7) is 1.17. The minimum atomic E-state index is -0.192. The predicted octanol–water partition coefficient (Wildman–Crippen LogP) is 7.51. The van der Waals surface area contributed by atoms with Gasteiger partial charge < -0.3 is 9.47 Å². The van der Waals surface area contributed by atoms with Gasteiger partial charge in [-0.2, -0.15) is 0 Å². The summed E-state index contributed by atoms with van der Waals surface area (Å²) in [6, 6.07) is 35.6. The Kier molecular flexibility index (Phi) is 8.51. The summed E-state index contributed by atoms with van der Waals surface area (Å²) >= 11 is 1.45.